The van der Waals surface area contributed by atoms with Crippen LogP contribution in [0.3, 0.4) is 0 Å². The van der Waals surface area contributed by atoms with E-state index in [1.54, 1.807) is 11.1 Å². The fourth-order valence-electron chi connectivity index (χ4n) is 3.73. The van der Waals surface area contributed by atoms with E-state index in [-0.39, 0.29) is 18.6 Å². The highest BCUT2D eigenvalue weighted by atomic mass is 16.5. The number of amides is 1. The molecule has 2 aliphatic rings. The quantitative estimate of drug-likeness (QED) is 0.739. The summed E-state index contributed by atoms with van der Waals surface area (Å²) in [6.45, 7) is 7.54. The smallest absolute Gasteiger partial charge is 0.339 e. The van der Waals surface area contributed by atoms with E-state index in [4.69, 9.17) is 9.72 Å². The molecule has 4 rings (SSSR count). The fraction of sp³-hybridized carbons (Fsp3) is 0.619. The number of ether oxygens (including phenoxy) is 1. The van der Waals surface area contributed by atoms with Gasteiger partial charge in [-0.1, -0.05) is 6.92 Å². The molecule has 0 unspecified atom stereocenters. The van der Waals surface area contributed by atoms with Crippen LogP contribution in [0.15, 0.2) is 12.3 Å². The molecule has 1 saturated heterocycles. The summed E-state index contributed by atoms with van der Waals surface area (Å²) in [5.41, 5.74) is 2.08. The summed E-state index contributed by atoms with van der Waals surface area (Å²) in [7, 11) is 0. The van der Waals surface area contributed by atoms with Gasteiger partial charge in [-0.2, -0.15) is 5.10 Å². The zero-order valence-corrected chi connectivity index (χ0v) is 16.9. The Morgan fingerprint density at radius 2 is 1.93 bits per heavy atom. The molecule has 2 aromatic rings. The van der Waals surface area contributed by atoms with Crippen LogP contribution in [0, 0.1) is 5.92 Å². The largest absolute Gasteiger partial charge is 0.452 e. The van der Waals surface area contributed by atoms with Crippen LogP contribution in [0.4, 0.5) is 0 Å². The van der Waals surface area contributed by atoms with Crippen LogP contribution in [0.1, 0.15) is 74.5 Å². The Kier molecular flexibility index (Phi) is 5.08. The Morgan fingerprint density at radius 3 is 2.57 bits per heavy atom. The number of carbonyl (C=O) groups excluding carboxylic acids is 2. The summed E-state index contributed by atoms with van der Waals surface area (Å²) in [5.74, 6) is 0.459. The molecule has 1 aliphatic carbocycles. The minimum atomic E-state index is -0.476. The third kappa shape index (κ3) is 3.75. The second-order valence-corrected chi connectivity index (χ2v) is 8.43. The molecule has 150 valence electrons. The lowest BCUT2D eigenvalue weighted by atomic mass is 9.99. The fourth-order valence-corrected chi connectivity index (χ4v) is 3.73. The maximum atomic E-state index is 12.8. The number of rotatable bonds is 5. The number of aromatic nitrogens is 3. The molecule has 0 aromatic carbocycles. The highest BCUT2D eigenvalue weighted by Gasteiger charge is 2.29. The van der Waals surface area contributed by atoms with Crippen molar-refractivity contribution in [2.24, 2.45) is 5.92 Å². The molecule has 7 nitrogen and oxygen atoms in total. The number of likely N-dealkylation sites (tertiary alicyclic amines) is 1. The zero-order valence-electron chi connectivity index (χ0n) is 16.9. The second-order valence-electron chi connectivity index (χ2n) is 8.43. The van der Waals surface area contributed by atoms with Crippen molar-refractivity contribution in [3.63, 3.8) is 0 Å². The van der Waals surface area contributed by atoms with E-state index in [0.717, 1.165) is 44.5 Å². The molecule has 0 radical (unpaired) electrons. The van der Waals surface area contributed by atoms with Crippen molar-refractivity contribution >= 4 is 22.9 Å². The Hall–Kier alpha value is -2.44. The minimum Gasteiger partial charge on any atom is -0.452 e. The normalized spacial score (nSPS) is 18.1. The monoisotopic (exact) mass is 384 g/mol. The highest BCUT2D eigenvalue weighted by Crippen LogP contribution is 2.40. The molecule has 2 aromatic heterocycles. The summed E-state index contributed by atoms with van der Waals surface area (Å²) in [6.07, 6.45) is 5.86. The first-order chi connectivity index (χ1) is 13.4. The summed E-state index contributed by atoms with van der Waals surface area (Å²) in [4.78, 5) is 31.8. The van der Waals surface area contributed by atoms with E-state index in [0.29, 0.717) is 28.4 Å². The molecule has 0 N–H and O–H groups in total. The van der Waals surface area contributed by atoms with Gasteiger partial charge in [0.2, 0.25) is 0 Å². The average molecular weight is 384 g/mol. The van der Waals surface area contributed by atoms with E-state index < -0.39 is 5.97 Å². The second kappa shape index (κ2) is 7.53. The van der Waals surface area contributed by atoms with Gasteiger partial charge in [-0.05, 0) is 51.5 Å². The summed E-state index contributed by atoms with van der Waals surface area (Å²) in [5, 5.41) is 5.09. The minimum absolute atomic E-state index is 0.120. The van der Waals surface area contributed by atoms with Crippen molar-refractivity contribution in [2.75, 3.05) is 19.7 Å². The molecular formula is C21H28N4O3. The lowest BCUT2D eigenvalue weighted by Gasteiger charge is -2.30. The molecule has 1 aliphatic heterocycles. The first-order valence-corrected chi connectivity index (χ1v) is 10.3. The van der Waals surface area contributed by atoms with E-state index >= 15 is 0 Å². The van der Waals surface area contributed by atoms with Gasteiger partial charge in [0.25, 0.3) is 5.91 Å². The predicted molar refractivity (Wildman–Crippen MR) is 105 cm³/mol. The van der Waals surface area contributed by atoms with Crippen LogP contribution >= 0.6 is 0 Å². The Balaban J connectivity index is 1.52. The molecule has 1 amide bonds. The molecule has 7 heteroatoms. The topological polar surface area (TPSA) is 77.3 Å². The van der Waals surface area contributed by atoms with Crippen molar-refractivity contribution in [3.8, 4) is 0 Å². The lowest BCUT2D eigenvalue weighted by molar-refractivity contribution is -0.135. The Labute approximate surface area is 165 Å². The van der Waals surface area contributed by atoms with Gasteiger partial charge < -0.3 is 9.64 Å². The lowest BCUT2D eigenvalue weighted by Crippen LogP contribution is -2.40. The number of hydrogen-bond acceptors (Lipinski definition) is 5. The van der Waals surface area contributed by atoms with Crippen LogP contribution < -0.4 is 0 Å². The van der Waals surface area contributed by atoms with Gasteiger partial charge in [-0.3, -0.25) is 4.79 Å². The van der Waals surface area contributed by atoms with E-state index in [1.165, 1.54) is 0 Å². The number of esters is 1. The Morgan fingerprint density at radius 1 is 1.21 bits per heavy atom. The third-order valence-electron chi connectivity index (χ3n) is 5.75. The number of carbonyl (C=O) groups is 2. The number of nitrogens with zero attached hydrogens (tertiary/aromatic N) is 4. The maximum Gasteiger partial charge on any atom is 0.339 e. The van der Waals surface area contributed by atoms with Gasteiger partial charge in [0.1, 0.15) is 0 Å². The molecule has 0 atom stereocenters. The van der Waals surface area contributed by atoms with Gasteiger partial charge in [0, 0.05) is 30.7 Å². The molecule has 3 heterocycles. The van der Waals surface area contributed by atoms with Gasteiger partial charge in [0.05, 0.1) is 17.1 Å². The van der Waals surface area contributed by atoms with Crippen LogP contribution in [0.2, 0.25) is 0 Å². The van der Waals surface area contributed by atoms with Crippen LogP contribution in [0.25, 0.3) is 11.0 Å². The van der Waals surface area contributed by atoms with Crippen molar-refractivity contribution < 1.29 is 14.3 Å². The average Bonchev–Trinajstić information content (AvgIpc) is 3.44. The molecular weight excluding hydrogens is 356 g/mol. The van der Waals surface area contributed by atoms with E-state index in [9.17, 15) is 9.59 Å². The van der Waals surface area contributed by atoms with Gasteiger partial charge in [-0.15, -0.1) is 0 Å². The van der Waals surface area contributed by atoms with Crippen molar-refractivity contribution in [1.29, 1.82) is 0 Å². The van der Waals surface area contributed by atoms with Crippen LogP contribution in [0.5, 0.6) is 0 Å². The standard InChI is InChI=1S/C21H28N4O3/c1-13(2)25-20-17(11-22-25)16(10-18(23-20)15-4-5-15)21(27)28-12-19(26)24-8-6-14(3)7-9-24/h10-11,13-15H,4-9,12H2,1-3H3. The molecule has 2 fully saturated rings. The van der Waals surface area contributed by atoms with Crippen molar-refractivity contribution in [1.82, 2.24) is 19.7 Å². The van der Waals surface area contributed by atoms with Gasteiger partial charge >= 0.3 is 5.97 Å². The van der Waals surface area contributed by atoms with E-state index in [2.05, 4.69) is 12.0 Å². The summed E-state index contributed by atoms with van der Waals surface area (Å²) < 4.78 is 7.24. The van der Waals surface area contributed by atoms with Crippen LogP contribution in [-0.4, -0.2) is 51.2 Å². The highest BCUT2D eigenvalue weighted by molar-refractivity contribution is 6.03. The van der Waals surface area contributed by atoms with Gasteiger partial charge in [0.15, 0.2) is 12.3 Å². The van der Waals surface area contributed by atoms with E-state index in [1.807, 2.05) is 24.6 Å². The molecule has 0 bridgehead atoms. The number of pyridine rings is 1. The maximum absolute atomic E-state index is 12.8. The molecule has 1 saturated carbocycles. The summed E-state index contributed by atoms with van der Waals surface area (Å²) in [6, 6.07) is 1.97. The number of hydrogen-bond donors (Lipinski definition) is 0. The Bertz CT molecular complexity index is 892. The van der Waals surface area contributed by atoms with Gasteiger partial charge in [-0.25, -0.2) is 14.5 Å². The molecule has 28 heavy (non-hydrogen) atoms. The van der Waals surface area contributed by atoms with Crippen LogP contribution in [-0.2, 0) is 9.53 Å². The number of fused-ring (bicyclic) bond motifs is 1. The first kappa shape index (κ1) is 18.9. The number of piperidine rings is 1. The summed E-state index contributed by atoms with van der Waals surface area (Å²) >= 11 is 0. The first-order valence-electron chi connectivity index (χ1n) is 10.3. The van der Waals surface area contributed by atoms with Crippen molar-refractivity contribution in [2.45, 2.75) is 58.4 Å². The SMILES string of the molecule is CC1CCN(C(=O)COC(=O)c2cc(C3CC3)nc3c2cnn3C(C)C)CC1. The van der Waals surface area contributed by atoms with Crippen molar-refractivity contribution in [3.05, 3.63) is 23.5 Å². The molecule has 0 spiro atoms. The predicted octanol–water partition coefficient (Wildman–Crippen LogP) is 3.30. The zero-order chi connectivity index (χ0) is 19.8. The third-order valence-corrected chi connectivity index (χ3v) is 5.75.